The highest BCUT2D eigenvalue weighted by atomic mass is 16.1. The summed E-state index contributed by atoms with van der Waals surface area (Å²) in [5, 5.41) is 16.5. The van der Waals surface area contributed by atoms with E-state index in [1.165, 1.54) is 0 Å². The third kappa shape index (κ3) is 5.07. The van der Waals surface area contributed by atoms with Crippen LogP contribution in [0.2, 0.25) is 0 Å². The lowest BCUT2D eigenvalue weighted by atomic mass is 9.99. The highest BCUT2D eigenvalue weighted by Crippen LogP contribution is 2.15. The van der Waals surface area contributed by atoms with Crippen LogP contribution in [0.25, 0.3) is 0 Å². The van der Waals surface area contributed by atoms with Gasteiger partial charge in [-0.25, -0.2) is 0 Å². The summed E-state index contributed by atoms with van der Waals surface area (Å²) in [7, 11) is 0. The molecule has 2 aromatic rings. The van der Waals surface area contributed by atoms with Crippen LogP contribution >= 0.6 is 0 Å². The third-order valence-corrected chi connectivity index (χ3v) is 4.76. The molecule has 7 nitrogen and oxygen atoms in total. The van der Waals surface area contributed by atoms with Gasteiger partial charge in [-0.1, -0.05) is 6.92 Å². The fraction of sp³-hybridized carbons (Fsp3) is 0.500. The Morgan fingerprint density at radius 3 is 2.67 bits per heavy atom. The lowest BCUT2D eigenvalue weighted by molar-refractivity contribution is -0.121. The number of nitrogens with one attached hydrogen (secondary N) is 2. The second-order valence-electron chi connectivity index (χ2n) is 7.19. The number of nitrogens with zero attached hydrogens (tertiary/aromatic N) is 3. The molecule has 0 aliphatic rings. The monoisotopic (exact) mass is 369 g/mol. The number of hydrogen-bond donors (Lipinski definition) is 2. The van der Waals surface area contributed by atoms with Gasteiger partial charge in [0.15, 0.2) is 0 Å². The number of aromatic nitrogens is 3. The van der Waals surface area contributed by atoms with Gasteiger partial charge in [0.05, 0.1) is 5.69 Å². The van der Waals surface area contributed by atoms with Crippen LogP contribution in [0, 0.1) is 44.9 Å². The molecule has 1 atom stereocenters. The first-order valence-electron chi connectivity index (χ1n) is 9.13. The Kier molecular flexibility index (Phi) is 6.56. The maximum Gasteiger partial charge on any atom is 0.266 e. The standard InChI is InChI=1S/C20H27N5O2/c1-12(11-25-14(3)8-13(2)24-25)10-22-19(26)7-6-17-15(4)18(9-21)20(27)23-16(17)5/h8,12H,6-7,10-11H2,1-5H3,(H,22,26)(H,23,27). The SMILES string of the molecule is Cc1cc(C)n(CC(C)CNC(=O)CCc2c(C)[nH]c(=O)c(C#N)c2C)n1. The number of pyridine rings is 1. The third-order valence-electron chi connectivity index (χ3n) is 4.76. The van der Waals surface area contributed by atoms with Gasteiger partial charge in [0, 0.05) is 30.9 Å². The Morgan fingerprint density at radius 1 is 1.37 bits per heavy atom. The van der Waals surface area contributed by atoms with Crippen molar-refractivity contribution in [2.45, 2.75) is 54.0 Å². The number of H-pyrrole nitrogens is 1. The molecule has 2 rings (SSSR count). The Morgan fingerprint density at radius 2 is 2.07 bits per heavy atom. The summed E-state index contributed by atoms with van der Waals surface area (Å²) in [6, 6.07) is 3.97. The lowest BCUT2D eigenvalue weighted by Gasteiger charge is -2.15. The minimum atomic E-state index is -0.376. The molecular formula is C20H27N5O2. The highest BCUT2D eigenvalue weighted by Gasteiger charge is 2.14. The molecule has 0 spiro atoms. The first kappa shape index (κ1) is 20.4. The van der Waals surface area contributed by atoms with E-state index in [1.54, 1.807) is 13.8 Å². The molecule has 0 bridgehead atoms. The molecule has 0 saturated heterocycles. The van der Waals surface area contributed by atoms with Gasteiger partial charge >= 0.3 is 0 Å². The summed E-state index contributed by atoms with van der Waals surface area (Å²) in [5.41, 5.74) is 4.08. The fourth-order valence-electron chi connectivity index (χ4n) is 3.25. The molecule has 2 N–H and O–H groups in total. The molecule has 2 aromatic heterocycles. The Bertz CT molecular complexity index is 933. The summed E-state index contributed by atoms with van der Waals surface area (Å²) in [5.74, 6) is 0.215. The quantitative estimate of drug-likeness (QED) is 0.779. The van der Waals surface area contributed by atoms with Crippen molar-refractivity contribution < 1.29 is 4.79 Å². The second kappa shape index (κ2) is 8.67. The minimum Gasteiger partial charge on any atom is -0.356 e. The number of aryl methyl sites for hydroxylation is 3. The highest BCUT2D eigenvalue weighted by molar-refractivity contribution is 5.76. The largest absolute Gasteiger partial charge is 0.356 e. The number of amides is 1. The van der Waals surface area contributed by atoms with Gasteiger partial charge in [-0.2, -0.15) is 10.4 Å². The lowest BCUT2D eigenvalue weighted by Crippen LogP contribution is -2.30. The molecule has 7 heteroatoms. The minimum absolute atomic E-state index is 0.0428. The van der Waals surface area contributed by atoms with E-state index in [0.717, 1.165) is 23.5 Å². The number of carbonyl (C=O) groups excluding carboxylic acids is 1. The van der Waals surface area contributed by atoms with Crippen molar-refractivity contribution in [3.63, 3.8) is 0 Å². The molecule has 1 amide bonds. The molecule has 1 unspecified atom stereocenters. The summed E-state index contributed by atoms with van der Waals surface area (Å²) in [6.45, 7) is 10.9. The average Bonchev–Trinajstić information content (AvgIpc) is 2.90. The first-order valence-corrected chi connectivity index (χ1v) is 9.13. The topological polar surface area (TPSA) is 104 Å². The molecule has 0 aromatic carbocycles. The maximum absolute atomic E-state index is 12.2. The van der Waals surface area contributed by atoms with Crippen LogP contribution < -0.4 is 10.9 Å². The zero-order valence-corrected chi connectivity index (χ0v) is 16.6. The molecule has 27 heavy (non-hydrogen) atoms. The second-order valence-corrected chi connectivity index (χ2v) is 7.19. The van der Waals surface area contributed by atoms with E-state index in [-0.39, 0.29) is 22.9 Å². The Balaban J connectivity index is 1.89. The van der Waals surface area contributed by atoms with E-state index in [0.29, 0.717) is 30.6 Å². The zero-order chi connectivity index (χ0) is 20.1. The predicted octanol–water partition coefficient (Wildman–Crippen LogP) is 2.06. The Hall–Kier alpha value is -2.88. The van der Waals surface area contributed by atoms with Gasteiger partial charge in [0.25, 0.3) is 5.56 Å². The Labute approximate surface area is 159 Å². The number of hydrogen-bond acceptors (Lipinski definition) is 4. The van der Waals surface area contributed by atoms with Crippen LogP contribution in [0.5, 0.6) is 0 Å². The molecule has 0 saturated carbocycles. The maximum atomic E-state index is 12.2. The van der Waals surface area contributed by atoms with Crippen LogP contribution in [-0.4, -0.2) is 27.2 Å². The van der Waals surface area contributed by atoms with Crippen molar-refractivity contribution >= 4 is 5.91 Å². The van der Waals surface area contributed by atoms with Crippen LogP contribution in [0.3, 0.4) is 0 Å². The normalized spacial score (nSPS) is 11.9. The van der Waals surface area contributed by atoms with Gasteiger partial charge in [0.1, 0.15) is 11.6 Å². The van der Waals surface area contributed by atoms with Crippen molar-refractivity contribution in [2.24, 2.45) is 5.92 Å². The van der Waals surface area contributed by atoms with Crippen molar-refractivity contribution in [3.8, 4) is 6.07 Å². The van der Waals surface area contributed by atoms with Crippen molar-refractivity contribution in [1.82, 2.24) is 20.1 Å². The van der Waals surface area contributed by atoms with Crippen LogP contribution in [0.15, 0.2) is 10.9 Å². The van der Waals surface area contributed by atoms with E-state index in [9.17, 15) is 9.59 Å². The molecule has 0 aliphatic carbocycles. The summed E-state index contributed by atoms with van der Waals surface area (Å²) in [6.07, 6.45) is 0.798. The smallest absolute Gasteiger partial charge is 0.266 e. The van der Waals surface area contributed by atoms with E-state index < -0.39 is 0 Å². The van der Waals surface area contributed by atoms with E-state index in [1.807, 2.05) is 30.7 Å². The van der Waals surface area contributed by atoms with Crippen molar-refractivity contribution in [2.75, 3.05) is 6.54 Å². The zero-order valence-electron chi connectivity index (χ0n) is 16.6. The van der Waals surface area contributed by atoms with Gasteiger partial charge in [-0.05, 0) is 57.2 Å². The number of carbonyl (C=O) groups is 1. The molecule has 0 aliphatic heterocycles. The van der Waals surface area contributed by atoms with Crippen molar-refractivity contribution in [1.29, 1.82) is 5.26 Å². The number of aromatic amines is 1. The van der Waals surface area contributed by atoms with Gasteiger partial charge < -0.3 is 10.3 Å². The number of rotatable bonds is 7. The van der Waals surface area contributed by atoms with Gasteiger partial charge in [-0.15, -0.1) is 0 Å². The first-order chi connectivity index (χ1) is 12.7. The number of nitriles is 1. The van der Waals surface area contributed by atoms with Crippen LogP contribution in [-0.2, 0) is 17.8 Å². The molecule has 0 radical (unpaired) electrons. The van der Waals surface area contributed by atoms with E-state index in [2.05, 4.69) is 22.3 Å². The fourth-order valence-corrected chi connectivity index (χ4v) is 3.25. The molecular weight excluding hydrogens is 342 g/mol. The van der Waals surface area contributed by atoms with E-state index in [4.69, 9.17) is 5.26 Å². The summed E-state index contributed by atoms with van der Waals surface area (Å²) < 4.78 is 1.96. The summed E-state index contributed by atoms with van der Waals surface area (Å²) in [4.78, 5) is 26.7. The predicted molar refractivity (Wildman–Crippen MR) is 103 cm³/mol. The summed E-state index contributed by atoms with van der Waals surface area (Å²) >= 11 is 0. The van der Waals surface area contributed by atoms with Crippen LogP contribution in [0.4, 0.5) is 0 Å². The van der Waals surface area contributed by atoms with Gasteiger partial charge in [-0.3, -0.25) is 14.3 Å². The molecule has 0 fully saturated rings. The van der Waals surface area contributed by atoms with Gasteiger partial charge in [0.2, 0.25) is 5.91 Å². The van der Waals surface area contributed by atoms with Crippen molar-refractivity contribution in [3.05, 3.63) is 50.2 Å². The van der Waals surface area contributed by atoms with Crippen LogP contribution in [0.1, 0.15) is 47.1 Å². The average molecular weight is 369 g/mol. The molecule has 144 valence electrons. The molecule has 2 heterocycles. The van der Waals surface area contributed by atoms with E-state index >= 15 is 0 Å².